The van der Waals surface area contributed by atoms with Gasteiger partial charge < -0.3 is 10.2 Å². The third-order valence-corrected chi connectivity index (χ3v) is 5.91. The number of hydrogen-bond donors (Lipinski definition) is 1. The molecule has 0 saturated carbocycles. The summed E-state index contributed by atoms with van der Waals surface area (Å²) in [6.45, 7) is 1.15. The zero-order valence-electron chi connectivity index (χ0n) is 12.0. The molecular formula is C15H17N3O3S. The minimum absolute atomic E-state index is 0.00928. The first-order chi connectivity index (χ1) is 10.5. The molecule has 6 nitrogen and oxygen atoms in total. The number of nitrogens with one attached hydrogen (secondary N) is 1. The Morgan fingerprint density at radius 1 is 1.36 bits per heavy atom. The lowest BCUT2D eigenvalue weighted by Gasteiger charge is -2.41. The molecule has 1 atom stereocenters. The first kappa shape index (κ1) is 14.9. The molecule has 3 rings (SSSR count). The van der Waals surface area contributed by atoms with Crippen LogP contribution < -0.4 is 5.32 Å². The molecule has 0 aromatic heterocycles. The van der Waals surface area contributed by atoms with Crippen LogP contribution in [0.15, 0.2) is 24.3 Å². The summed E-state index contributed by atoms with van der Waals surface area (Å²) in [6.07, 6.45) is 0.444. The molecule has 1 aromatic carbocycles. The molecule has 116 valence electrons. The molecule has 1 aromatic rings. The fourth-order valence-electron chi connectivity index (χ4n) is 2.91. The second kappa shape index (κ2) is 5.61. The van der Waals surface area contributed by atoms with Gasteiger partial charge in [0.05, 0.1) is 35.1 Å². The summed E-state index contributed by atoms with van der Waals surface area (Å²) >= 11 is 0. The monoisotopic (exact) mass is 319 g/mol. The van der Waals surface area contributed by atoms with Gasteiger partial charge in [0, 0.05) is 18.8 Å². The van der Waals surface area contributed by atoms with Crippen molar-refractivity contribution in [2.45, 2.75) is 12.5 Å². The third kappa shape index (κ3) is 3.07. The lowest BCUT2D eigenvalue weighted by atomic mass is 10.0. The van der Waals surface area contributed by atoms with Crippen molar-refractivity contribution in [2.75, 3.05) is 29.9 Å². The standard InChI is InChI=1S/C15H17N3O3S/c16-7-11-2-1-3-13(6-11)17-14-8-18(9-14)15(19)12-4-5-22(20,21)10-12/h1-3,6,12,14,17H,4-5,8-10H2/t12-/m0/s1. The lowest BCUT2D eigenvalue weighted by molar-refractivity contribution is -0.138. The van der Waals surface area contributed by atoms with Gasteiger partial charge in [-0.15, -0.1) is 0 Å². The van der Waals surface area contributed by atoms with Gasteiger partial charge in [-0.2, -0.15) is 5.26 Å². The van der Waals surface area contributed by atoms with Crippen molar-refractivity contribution >= 4 is 21.4 Å². The topological polar surface area (TPSA) is 90.3 Å². The molecule has 0 radical (unpaired) electrons. The Labute approximate surface area is 129 Å². The molecule has 0 bridgehead atoms. The van der Waals surface area contributed by atoms with Crippen molar-refractivity contribution in [1.82, 2.24) is 4.90 Å². The first-order valence-corrected chi connectivity index (χ1v) is 9.05. The van der Waals surface area contributed by atoms with Crippen LogP contribution in [0.4, 0.5) is 5.69 Å². The van der Waals surface area contributed by atoms with E-state index in [4.69, 9.17) is 5.26 Å². The zero-order chi connectivity index (χ0) is 15.7. The Morgan fingerprint density at radius 2 is 2.14 bits per heavy atom. The average molecular weight is 319 g/mol. The smallest absolute Gasteiger partial charge is 0.226 e. The Morgan fingerprint density at radius 3 is 2.77 bits per heavy atom. The number of amides is 1. The summed E-state index contributed by atoms with van der Waals surface area (Å²) in [5.74, 6) is -0.303. The molecule has 2 fully saturated rings. The van der Waals surface area contributed by atoms with E-state index in [0.717, 1.165) is 5.69 Å². The van der Waals surface area contributed by atoms with E-state index in [1.807, 2.05) is 12.1 Å². The molecule has 2 aliphatic heterocycles. The summed E-state index contributed by atoms with van der Waals surface area (Å²) in [5, 5.41) is 12.1. The molecule has 0 aliphatic carbocycles. The molecule has 2 aliphatic rings. The number of nitriles is 1. The number of sulfone groups is 1. The van der Waals surface area contributed by atoms with E-state index >= 15 is 0 Å². The van der Waals surface area contributed by atoms with Gasteiger partial charge in [-0.1, -0.05) is 6.07 Å². The predicted molar refractivity (Wildman–Crippen MR) is 81.9 cm³/mol. The van der Waals surface area contributed by atoms with Crippen LogP contribution in [0.2, 0.25) is 0 Å². The van der Waals surface area contributed by atoms with Gasteiger partial charge in [-0.3, -0.25) is 4.79 Å². The van der Waals surface area contributed by atoms with Crippen molar-refractivity contribution in [2.24, 2.45) is 5.92 Å². The molecular weight excluding hydrogens is 302 g/mol. The highest BCUT2D eigenvalue weighted by molar-refractivity contribution is 7.91. The second-order valence-corrected chi connectivity index (χ2v) is 8.11. The molecule has 22 heavy (non-hydrogen) atoms. The predicted octanol–water partition coefficient (Wildman–Crippen LogP) is 0.616. The van der Waals surface area contributed by atoms with Crippen molar-refractivity contribution < 1.29 is 13.2 Å². The van der Waals surface area contributed by atoms with Gasteiger partial charge in [0.2, 0.25) is 5.91 Å². The maximum Gasteiger partial charge on any atom is 0.226 e. The molecule has 7 heteroatoms. The van der Waals surface area contributed by atoms with Gasteiger partial charge in [-0.05, 0) is 24.6 Å². The van der Waals surface area contributed by atoms with Crippen molar-refractivity contribution in [3.8, 4) is 6.07 Å². The van der Waals surface area contributed by atoms with Crippen LogP contribution in [0.1, 0.15) is 12.0 Å². The van der Waals surface area contributed by atoms with Gasteiger partial charge >= 0.3 is 0 Å². The normalized spacial score (nSPS) is 23.6. The fourth-order valence-corrected chi connectivity index (χ4v) is 4.64. The van der Waals surface area contributed by atoms with Crippen LogP contribution in [-0.2, 0) is 14.6 Å². The average Bonchev–Trinajstić information content (AvgIpc) is 2.82. The van der Waals surface area contributed by atoms with Crippen LogP contribution in [0, 0.1) is 17.2 Å². The number of nitrogens with zero attached hydrogens (tertiary/aromatic N) is 2. The Balaban J connectivity index is 1.52. The molecule has 2 saturated heterocycles. The maximum atomic E-state index is 12.2. The molecule has 1 amide bonds. The number of benzene rings is 1. The first-order valence-electron chi connectivity index (χ1n) is 7.23. The Bertz CT molecular complexity index is 733. The minimum Gasteiger partial charge on any atom is -0.379 e. The van der Waals surface area contributed by atoms with Gasteiger partial charge in [-0.25, -0.2) is 8.42 Å². The van der Waals surface area contributed by atoms with E-state index in [1.54, 1.807) is 17.0 Å². The summed E-state index contributed by atoms with van der Waals surface area (Å²) < 4.78 is 22.9. The Hall–Kier alpha value is -2.07. The van der Waals surface area contributed by atoms with E-state index in [0.29, 0.717) is 25.1 Å². The molecule has 2 heterocycles. The molecule has 1 N–H and O–H groups in total. The third-order valence-electron chi connectivity index (χ3n) is 4.14. The van der Waals surface area contributed by atoms with E-state index in [1.165, 1.54) is 0 Å². The number of hydrogen-bond acceptors (Lipinski definition) is 5. The van der Waals surface area contributed by atoms with Crippen LogP contribution in [0.3, 0.4) is 0 Å². The highest BCUT2D eigenvalue weighted by Gasteiger charge is 2.39. The van der Waals surface area contributed by atoms with E-state index in [-0.39, 0.29) is 29.4 Å². The zero-order valence-corrected chi connectivity index (χ0v) is 12.8. The van der Waals surface area contributed by atoms with Crippen molar-refractivity contribution in [3.63, 3.8) is 0 Å². The number of likely N-dealkylation sites (tertiary alicyclic amines) is 1. The minimum atomic E-state index is -3.02. The number of carbonyl (C=O) groups excluding carboxylic acids is 1. The fraction of sp³-hybridized carbons (Fsp3) is 0.467. The second-order valence-electron chi connectivity index (χ2n) is 5.88. The van der Waals surface area contributed by atoms with E-state index in [9.17, 15) is 13.2 Å². The molecule has 0 unspecified atom stereocenters. The Kier molecular flexibility index (Phi) is 3.79. The summed E-state index contributed by atoms with van der Waals surface area (Å²) in [7, 11) is -3.02. The lowest BCUT2D eigenvalue weighted by Crippen LogP contribution is -2.58. The highest BCUT2D eigenvalue weighted by Crippen LogP contribution is 2.24. The van der Waals surface area contributed by atoms with Crippen molar-refractivity contribution in [3.05, 3.63) is 29.8 Å². The number of rotatable bonds is 3. The van der Waals surface area contributed by atoms with Crippen LogP contribution in [-0.4, -0.2) is 49.9 Å². The van der Waals surface area contributed by atoms with Crippen LogP contribution in [0.25, 0.3) is 0 Å². The molecule has 0 spiro atoms. The van der Waals surface area contributed by atoms with E-state index in [2.05, 4.69) is 11.4 Å². The summed E-state index contributed by atoms with van der Waals surface area (Å²) in [5.41, 5.74) is 1.45. The number of carbonyl (C=O) groups is 1. The maximum absolute atomic E-state index is 12.2. The number of anilines is 1. The van der Waals surface area contributed by atoms with Gasteiger partial charge in [0.25, 0.3) is 0 Å². The summed E-state index contributed by atoms with van der Waals surface area (Å²) in [4.78, 5) is 13.9. The summed E-state index contributed by atoms with van der Waals surface area (Å²) in [6, 6.07) is 9.44. The van der Waals surface area contributed by atoms with Crippen LogP contribution >= 0.6 is 0 Å². The van der Waals surface area contributed by atoms with Crippen LogP contribution in [0.5, 0.6) is 0 Å². The van der Waals surface area contributed by atoms with Crippen molar-refractivity contribution in [1.29, 1.82) is 5.26 Å². The SMILES string of the molecule is N#Cc1cccc(NC2CN(C(=O)[C@H]3CCS(=O)(=O)C3)C2)c1. The highest BCUT2D eigenvalue weighted by atomic mass is 32.2. The van der Waals surface area contributed by atoms with Gasteiger partial charge in [0.15, 0.2) is 9.84 Å². The van der Waals surface area contributed by atoms with Gasteiger partial charge in [0.1, 0.15) is 0 Å². The van der Waals surface area contributed by atoms with E-state index < -0.39 is 9.84 Å². The largest absolute Gasteiger partial charge is 0.379 e. The quantitative estimate of drug-likeness (QED) is 0.882.